The molecule has 0 saturated carbocycles. The molecule has 1 amide bonds. The highest BCUT2D eigenvalue weighted by Crippen LogP contribution is 2.06. The minimum Gasteiger partial charge on any atom is -0.380 e. The lowest BCUT2D eigenvalue weighted by atomic mass is 10.1. The van der Waals surface area contributed by atoms with E-state index in [9.17, 15) is 4.79 Å². The van der Waals surface area contributed by atoms with Crippen molar-refractivity contribution in [2.24, 2.45) is 5.92 Å². The quantitative estimate of drug-likeness (QED) is 0.692. The average Bonchev–Trinajstić information content (AvgIpc) is 2.68. The number of amides is 1. The molecule has 0 aromatic rings. The molecule has 0 aromatic carbocycles. The fourth-order valence-corrected chi connectivity index (χ4v) is 2.35. The minimum absolute atomic E-state index is 0.149. The molecule has 5 nitrogen and oxygen atoms in total. The first kappa shape index (κ1) is 12.8. The van der Waals surface area contributed by atoms with Gasteiger partial charge in [0.05, 0.1) is 19.8 Å². The molecule has 2 rings (SSSR count). The zero-order valence-corrected chi connectivity index (χ0v) is 10.4. The maximum atomic E-state index is 11.7. The van der Waals surface area contributed by atoms with Gasteiger partial charge in [0, 0.05) is 25.6 Å². The van der Waals surface area contributed by atoms with Crippen molar-refractivity contribution in [2.75, 3.05) is 52.5 Å². The lowest BCUT2D eigenvalue weighted by molar-refractivity contribution is -0.122. The largest absolute Gasteiger partial charge is 0.380 e. The molecule has 1 atom stereocenters. The van der Waals surface area contributed by atoms with E-state index in [4.69, 9.17) is 4.74 Å². The molecule has 2 saturated heterocycles. The van der Waals surface area contributed by atoms with Crippen molar-refractivity contribution in [3.63, 3.8) is 0 Å². The van der Waals surface area contributed by atoms with E-state index in [-0.39, 0.29) is 5.91 Å². The molecule has 98 valence electrons. The van der Waals surface area contributed by atoms with Crippen molar-refractivity contribution in [3.8, 4) is 0 Å². The number of ether oxygens (including phenoxy) is 1. The third-order valence-electron chi connectivity index (χ3n) is 3.36. The molecule has 5 heteroatoms. The van der Waals surface area contributed by atoms with Crippen LogP contribution in [0.2, 0.25) is 0 Å². The van der Waals surface area contributed by atoms with E-state index in [0.717, 1.165) is 45.9 Å². The van der Waals surface area contributed by atoms with Gasteiger partial charge in [-0.25, -0.2) is 0 Å². The second kappa shape index (κ2) is 6.93. The monoisotopic (exact) mass is 241 g/mol. The Morgan fingerprint density at radius 2 is 2.24 bits per heavy atom. The van der Waals surface area contributed by atoms with Gasteiger partial charge in [-0.15, -0.1) is 0 Å². The summed E-state index contributed by atoms with van der Waals surface area (Å²) in [6.07, 6.45) is 2.46. The van der Waals surface area contributed by atoms with Gasteiger partial charge in [0.15, 0.2) is 0 Å². The fraction of sp³-hybridized carbons (Fsp3) is 0.917. The SMILES string of the molecule is O=C(CN1CCCC1)NCC1CNCCOC1. The van der Waals surface area contributed by atoms with Crippen molar-refractivity contribution in [2.45, 2.75) is 12.8 Å². The number of nitrogens with zero attached hydrogens (tertiary/aromatic N) is 1. The summed E-state index contributed by atoms with van der Waals surface area (Å²) in [4.78, 5) is 13.9. The highest BCUT2D eigenvalue weighted by Gasteiger charge is 2.17. The van der Waals surface area contributed by atoms with E-state index in [0.29, 0.717) is 12.5 Å². The first-order chi connectivity index (χ1) is 8.34. The molecule has 0 aliphatic carbocycles. The van der Waals surface area contributed by atoms with Gasteiger partial charge in [-0.3, -0.25) is 9.69 Å². The molecule has 0 spiro atoms. The standard InChI is InChI=1S/C12H23N3O2/c16-12(9-15-4-1-2-5-15)14-8-11-7-13-3-6-17-10-11/h11,13H,1-10H2,(H,14,16). The molecule has 2 aliphatic heterocycles. The average molecular weight is 241 g/mol. The zero-order valence-electron chi connectivity index (χ0n) is 10.4. The minimum atomic E-state index is 0.149. The van der Waals surface area contributed by atoms with Crippen LogP contribution in [0.3, 0.4) is 0 Å². The van der Waals surface area contributed by atoms with Gasteiger partial charge in [-0.1, -0.05) is 0 Å². The van der Waals surface area contributed by atoms with Crippen molar-refractivity contribution in [1.29, 1.82) is 0 Å². The predicted molar refractivity (Wildman–Crippen MR) is 65.9 cm³/mol. The van der Waals surface area contributed by atoms with Gasteiger partial charge >= 0.3 is 0 Å². The second-order valence-corrected chi connectivity index (χ2v) is 4.93. The molecule has 2 heterocycles. The summed E-state index contributed by atoms with van der Waals surface area (Å²) in [6, 6.07) is 0. The summed E-state index contributed by atoms with van der Waals surface area (Å²) in [6.45, 7) is 6.79. The van der Waals surface area contributed by atoms with E-state index in [1.807, 2.05) is 0 Å². The van der Waals surface area contributed by atoms with Gasteiger partial charge in [0.1, 0.15) is 0 Å². The van der Waals surface area contributed by atoms with Gasteiger partial charge in [-0.2, -0.15) is 0 Å². The fourth-order valence-electron chi connectivity index (χ4n) is 2.35. The van der Waals surface area contributed by atoms with E-state index in [1.165, 1.54) is 12.8 Å². The summed E-state index contributed by atoms with van der Waals surface area (Å²) < 4.78 is 5.45. The van der Waals surface area contributed by atoms with Gasteiger partial charge < -0.3 is 15.4 Å². The maximum absolute atomic E-state index is 11.7. The molecule has 0 radical (unpaired) electrons. The molecule has 1 unspecified atom stereocenters. The molecule has 0 aromatic heterocycles. The van der Waals surface area contributed by atoms with Gasteiger partial charge in [0.25, 0.3) is 0 Å². The van der Waals surface area contributed by atoms with Crippen molar-refractivity contribution in [1.82, 2.24) is 15.5 Å². The first-order valence-corrected chi connectivity index (χ1v) is 6.62. The van der Waals surface area contributed by atoms with Crippen LogP contribution in [-0.4, -0.2) is 63.3 Å². The number of carbonyl (C=O) groups excluding carboxylic acids is 1. The maximum Gasteiger partial charge on any atom is 0.234 e. The Hall–Kier alpha value is -0.650. The first-order valence-electron chi connectivity index (χ1n) is 6.62. The normalized spacial score (nSPS) is 26.7. The molecule has 17 heavy (non-hydrogen) atoms. The van der Waals surface area contributed by atoms with Crippen LogP contribution in [0.5, 0.6) is 0 Å². The molecule has 0 bridgehead atoms. The Kier molecular flexibility index (Phi) is 5.22. The van der Waals surface area contributed by atoms with E-state index < -0.39 is 0 Å². The van der Waals surface area contributed by atoms with Crippen molar-refractivity contribution < 1.29 is 9.53 Å². The number of hydrogen-bond acceptors (Lipinski definition) is 4. The van der Waals surface area contributed by atoms with Crippen LogP contribution in [0, 0.1) is 5.92 Å². The summed E-state index contributed by atoms with van der Waals surface area (Å²) in [5, 5.41) is 6.31. The Balaban J connectivity index is 1.61. The summed E-state index contributed by atoms with van der Waals surface area (Å²) in [5.74, 6) is 0.552. The molecule has 2 fully saturated rings. The van der Waals surface area contributed by atoms with Crippen LogP contribution in [-0.2, 0) is 9.53 Å². The van der Waals surface area contributed by atoms with E-state index in [2.05, 4.69) is 15.5 Å². The molecule has 2 aliphatic rings. The number of rotatable bonds is 4. The third-order valence-corrected chi connectivity index (χ3v) is 3.36. The third kappa shape index (κ3) is 4.61. The lowest BCUT2D eigenvalue weighted by Gasteiger charge is -2.17. The smallest absolute Gasteiger partial charge is 0.234 e. The molecule has 2 N–H and O–H groups in total. The lowest BCUT2D eigenvalue weighted by Crippen LogP contribution is -2.40. The summed E-state index contributed by atoms with van der Waals surface area (Å²) in [7, 11) is 0. The molecular weight excluding hydrogens is 218 g/mol. The number of nitrogens with one attached hydrogen (secondary N) is 2. The van der Waals surface area contributed by atoms with Crippen molar-refractivity contribution >= 4 is 5.91 Å². The highest BCUT2D eigenvalue weighted by molar-refractivity contribution is 5.78. The van der Waals surface area contributed by atoms with E-state index >= 15 is 0 Å². The van der Waals surface area contributed by atoms with Crippen LogP contribution < -0.4 is 10.6 Å². The number of hydrogen-bond donors (Lipinski definition) is 2. The van der Waals surface area contributed by atoms with Gasteiger partial charge in [0.2, 0.25) is 5.91 Å². The van der Waals surface area contributed by atoms with Crippen LogP contribution in [0.15, 0.2) is 0 Å². The van der Waals surface area contributed by atoms with Crippen LogP contribution in [0.1, 0.15) is 12.8 Å². The van der Waals surface area contributed by atoms with Crippen LogP contribution in [0.25, 0.3) is 0 Å². The van der Waals surface area contributed by atoms with Crippen molar-refractivity contribution in [3.05, 3.63) is 0 Å². The van der Waals surface area contributed by atoms with E-state index in [1.54, 1.807) is 0 Å². The second-order valence-electron chi connectivity index (χ2n) is 4.93. The molecular formula is C12H23N3O2. The highest BCUT2D eigenvalue weighted by atomic mass is 16.5. The summed E-state index contributed by atoms with van der Waals surface area (Å²) >= 11 is 0. The topological polar surface area (TPSA) is 53.6 Å². The predicted octanol–water partition coefficient (Wildman–Crippen LogP) is -0.566. The summed E-state index contributed by atoms with van der Waals surface area (Å²) in [5.41, 5.74) is 0. The number of carbonyl (C=O) groups is 1. The van der Waals surface area contributed by atoms with Crippen LogP contribution in [0.4, 0.5) is 0 Å². The Labute approximate surface area is 103 Å². The Morgan fingerprint density at radius 3 is 3.06 bits per heavy atom. The van der Waals surface area contributed by atoms with Crippen LogP contribution >= 0.6 is 0 Å². The Bertz CT molecular complexity index is 234. The zero-order chi connectivity index (χ0) is 11.9. The Morgan fingerprint density at radius 1 is 1.41 bits per heavy atom. The number of likely N-dealkylation sites (tertiary alicyclic amines) is 1. The van der Waals surface area contributed by atoms with Gasteiger partial charge in [-0.05, 0) is 25.9 Å².